The van der Waals surface area contributed by atoms with Crippen LogP contribution in [-0.2, 0) is 5.41 Å². The highest BCUT2D eigenvalue weighted by Crippen LogP contribution is 2.40. The molecule has 0 radical (unpaired) electrons. The Balaban J connectivity index is 1.98. The lowest BCUT2D eigenvalue weighted by atomic mass is 9.85. The molecule has 116 valence electrons. The second-order valence-electron chi connectivity index (χ2n) is 6.93. The molecule has 0 atom stereocenters. The molecule has 0 saturated carbocycles. The molecule has 0 unspecified atom stereocenters. The topological polar surface area (TPSA) is 34.9 Å². The lowest BCUT2D eigenvalue weighted by molar-refractivity contribution is 0.610. The predicted molar refractivity (Wildman–Crippen MR) is 97.0 cm³/mol. The molecule has 5 rings (SSSR count). The van der Waals surface area contributed by atoms with E-state index < -0.39 is 0 Å². The monoisotopic (exact) mass is 312 g/mol. The first-order valence-electron chi connectivity index (χ1n) is 8.13. The lowest BCUT2D eigenvalue weighted by Gasteiger charge is -2.18. The fourth-order valence-electron chi connectivity index (χ4n) is 3.83. The van der Waals surface area contributed by atoms with Gasteiger partial charge in [0.1, 0.15) is 5.82 Å². The molecular formula is C21H16N2O. The number of benzene rings is 3. The van der Waals surface area contributed by atoms with Crippen molar-refractivity contribution >= 4 is 21.7 Å². The molecule has 1 aromatic heterocycles. The number of nitrogens with zero attached hydrogens (tertiary/aromatic N) is 2. The third kappa shape index (κ3) is 1.56. The standard InChI is InChI=1S/C21H16N2O/c1-21(2)16-9-5-6-10-18(16)23-19(24)15-11-13-7-3-4-8-14(13)12-17(15)22-20(21)23/h3-12H,1-2H3. The third-order valence-electron chi connectivity index (χ3n) is 5.11. The molecule has 1 aliphatic heterocycles. The van der Waals surface area contributed by atoms with E-state index in [-0.39, 0.29) is 11.0 Å². The number of hydrogen-bond donors (Lipinski definition) is 0. The highest BCUT2D eigenvalue weighted by molar-refractivity contribution is 5.96. The summed E-state index contributed by atoms with van der Waals surface area (Å²) >= 11 is 0. The second-order valence-corrected chi connectivity index (χ2v) is 6.93. The van der Waals surface area contributed by atoms with E-state index in [4.69, 9.17) is 4.98 Å². The van der Waals surface area contributed by atoms with Crippen molar-refractivity contribution in [1.29, 1.82) is 0 Å². The summed E-state index contributed by atoms with van der Waals surface area (Å²) < 4.78 is 1.78. The Morgan fingerprint density at radius 1 is 0.917 bits per heavy atom. The van der Waals surface area contributed by atoms with Crippen LogP contribution in [-0.4, -0.2) is 9.55 Å². The first kappa shape index (κ1) is 13.5. The molecule has 0 saturated heterocycles. The van der Waals surface area contributed by atoms with Gasteiger partial charge in [0.2, 0.25) is 0 Å². The quantitative estimate of drug-likeness (QED) is 0.457. The van der Waals surface area contributed by atoms with Crippen molar-refractivity contribution in [3.8, 4) is 5.69 Å². The van der Waals surface area contributed by atoms with Gasteiger partial charge in [0.15, 0.2) is 0 Å². The van der Waals surface area contributed by atoms with Crippen LogP contribution >= 0.6 is 0 Å². The van der Waals surface area contributed by atoms with E-state index in [0.29, 0.717) is 5.39 Å². The van der Waals surface area contributed by atoms with E-state index in [9.17, 15) is 4.79 Å². The van der Waals surface area contributed by atoms with Gasteiger partial charge in [-0.15, -0.1) is 0 Å². The maximum atomic E-state index is 13.2. The summed E-state index contributed by atoms with van der Waals surface area (Å²) in [5, 5.41) is 2.84. The summed E-state index contributed by atoms with van der Waals surface area (Å²) in [4.78, 5) is 18.1. The Hall–Kier alpha value is -2.94. The van der Waals surface area contributed by atoms with Gasteiger partial charge < -0.3 is 0 Å². The lowest BCUT2D eigenvalue weighted by Crippen LogP contribution is -2.25. The highest BCUT2D eigenvalue weighted by Gasteiger charge is 2.38. The number of fused-ring (bicyclic) bond motifs is 5. The van der Waals surface area contributed by atoms with E-state index in [1.807, 2.05) is 48.5 Å². The van der Waals surface area contributed by atoms with Gasteiger partial charge in [-0.1, -0.05) is 42.5 Å². The van der Waals surface area contributed by atoms with E-state index >= 15 is 0 Å². The molecule has 24 heavy (non-hydrogen) atoms. The van der Waals surface area contributed by atoms with Crippen molar-refractivity contribution in [2.45, 2.75) is 19.3 Å². The van der Waals surface area contributed by atoms with Gasteiger partial charge in [-0.05, 0) is 48.4 Å². The zero-order valence-electron chi connectivity index (χ0n) is 13.6. The number of aromatic nitrogens is 2. The molecule has 4 aromatic rings. The SMILES string of the molecule is CC1(C)c2ccccc2-n2c1nc1cc3ccccc3cc1c2=O. The Morgan fingerprint density at radius 2 is 1.58 bits per heavy atom. The summed E-state index contributed by atoms with van der Waals surface area (Å²) in [7, 11) is 0. The van der Waals surface area contributed by atoms with Crippen LogP contribution in [0, 0.1) is 0 Å². The van der Waals surface area contributed by atoms with Crippen LogP contribution in [0.5, 0.6) is 0 Å². The van der Waals surface area contributed by atoms with Crippen molar-refractivity contribution in [2.75, 3.05) is 0 Å². The van der Waals surface area contributed by atoms with E-state index in [1.54, 1.807) is 4.57 Å². The molecule has 3 nitrogen and oxygen atoms in total. The van der Waals surface area contributed by atoms with Crippen molar-refractivity contribution in [1.82, 2.24) is 9.55 Å². The third-order valence-corrected chi connectivity index (χ3v) is 5.11. The van der Waals surface area contributed by atoms with Gasteiger partial charge in [0.05, 0.1) is 22.0 Å². The summed E-state index contributed by atoms with van der Waals surface area (Å²) in [6.45, 7) is 4.26. The molecule has 3 aromatic carbocycles. The van der Waals surface area contributed by atoms with E-state index in [2.05, 4.69) is 26.0 Å². The van der Waals surface area contributed by atoms with Crippen LogP contribution in [0.3, 0.4) is 0 Å². The van der Waals surface area contributed by atoms with Crippen LogP contribution < -0.4 is 5.56 Å². The Kier molecular flexibility index (Phi) is 2.43. The fourth-order valence-corrected chi connectivity index (χ4v) is 3.83. The summed E-state index contributed by atoms with van der Waals surface area (Å²) in [5.41, 5.74) is 2.60. The zero-order valence-corrected chi connectivity index (χ0v) is 13.6. The minimum absolute atomic E-state index is 0.0128. The Bertz CT molecular complexity index is 1200. The van der Waals surface area contributed by atoms with Gasteiger partial charge in [-0.25, -0.2) is 4.98 Å². The van der Waals surface area contributed by atoms with Crippen LogP contribution in [0.1, 0.15) is 25.2 Å². The van der Waals surface area contributed by atoms with Gasteiger partial charge in [0, 0.05) is 0 Å². The largest absolute Gasteiger partial charge is 0.268 e. The van der Waals surface area contributed by atoms with Crippen LogP contribution in [0.2, 0.25) is 0 Å². The minimum atomic E-state index is -0.282. The molecule has 0 fully saturated rings. The van der Waals surface area contributed by atoms with E-state index in [1.165, 1.54) is 0 Å². The van der Waals surface area contributed by atoms with Crippen molar-refractivity contribution < 1.29 is 0 Å². The minimum Gasteiger partial charge on any atom is -0.268 e. The average molecular weight is 312 g/mol. The molecule has 0 aliphatic carbocycles. The van der Waals surface area contributed by atoms with Crippen LogP contribution in [0.4, 0.5) is 0 Å². The van der Waals surface area contributed by atoms with Crippen molar-refractivity contribution in [2.24, 2.45) is 0 Å². The maximum absolute atomic E-state index is 13.2. The molecule has 1 aliphatic rings. The molecule has 0 N–H and O–H groups in total. The number of para-hydroxylation sites is 1. The first-order chi connectivity index (χ1) is 11.6. The van der Waals surface area contributed by atoms with Gasteiger partial charge in [-0.3, -0.25) is 9.36 Å². The predicted octanol–water partition coefficient (Wildman–Crippen LogP) is 4.18. The average Bonchev–Trinajstić information content (AvgIpc) is 2.82. The van der Waals surface area contributed by atoms with Crippen LogP contribution in [0.25, 0.3) is 27.4 Å². The van der Waals surface area contributed by atoms with E-state index in [0.717, 1.165) is 33.4 Å². The molecule has 2 heterocycles. The van der Waals surface area contributed by atoms with Crippen molar-refractivity contribution in [3.63, 3.8) is 0 Å². The summed E-state index contributed by atoms with van der Waals surface area (Å²) in [6.07, 6.45) is 0. The molecule has 0 spiro atoms. The zero-order chi connectivity index (χ0) is 16.5. The Morgan fingerprint density at radius 3 is 2.38 bits per heavy atom. The normalized spacial score (nSPS) is 14.8. The Labute approximate surface area is 139 Å². The smallest absolute Gasteiger partial charge is 0.266 e. The van der Waals surface area contributed by atoms with Gasteiger partial charge >= 0.3 is 0 Å². The fraction of sp³-hybridized carbons (Fsp3) is 0.143. The van der Waals surface area contributed by atoms with Crippen LogP contribution in [0.15, 0.2) is 65.5 Å². The second kappa shape index (κ2) is 4.32. The number of rotatable bonds is 0. The summed E-state index contributed by atoms with van der Waals surface area (Å²) in [5.74, 6) is 0.816. The summed E-state index contributed by atoms with van der Waals surface area (Å²) in [6, 6.07) is 20.2. The molecule has 0 bridgehead atoms. The maximum Gasteiger partial charge on any atom is 0.266 e. The molecule has 3 heteroatoms. The van der Waals surface area contributed by atoms with Gasteiger partial charge in [0.25, 0.3) is 5.56 Å². The van der Waals surface area contributed by atoms with Crippen molar-refractivity contribution in [3.05, 3.63) is 82.4 Å². The molecule has 0 amide bonds. The van der Waals surface area contributed by atoms with Gasteiger partial charge in [-0.2, -0.15) is 0 Å². The number of hydrogen-bond acceptors (Lipinski definition) is 2. The molecular weight excluding hydrogens is 296 g/mol. The first-order valence-corrected chi connectivity index (χ1v) is 8.13. The highest BCUT2D eigenvalue weighted by atomic mass is 16.1.